The lowest BCUT2D eigenvalue weighted by atomic mass is 10.0. The maximum atomic E-state index is 12.4. The largest absolute Gasteiger partial charge is 0.469 e. The molecule has 314 valence electrons. The summed E-state index contributed by atoms with van der Waals surface area (Å²) in [4.78, 5) is 42.9. The summed E-state index contributed by atoms with van der Waals surface area (Å²) in [5, 5.41) is 0. The van der Waals surface area contributed by atoms with E-state index in [-0.39, 0.29) is 19.4 Å². The van der Waals surface area contributed by atoms with Crippen LogP contribution < -0.4 is 0 Å². The quantitative estimate of drug-likeness (QED) is 0.0273. The molecule has 0 unspecified atom stereocenters. The highest BCUT2D eigenvalue weighted by Crippen LogP contribution is 2.36. The van der Waals surface area contributed by atoms with E-state index in [1.54, 1.807) is 0 Å². The normalized spacial score (nSPS) is 12.9. The third-order valence-electron chi connectivity index (χ3n) is 9.33. The number of allylic oxidation sites excluding steroid dienone is 8. The number of ether oxygens (including phenoxy) is 2. The summed E-state index contributed by atoms with van der Waals surface area (Å²) in [5.41, 5.74) is 0. The van der Waals surface area contributed by atoms with Crippen LogP contribution in [0.25, 0.3) is 0 Å². The molecule has 0 aromatic rings. The number of phosphoric acid groups is 1. The molecule has 9 heteroatoms. The summed E-state index contributed by atoms with van der Waals surface area (Å²) in [6.07, 6.45) is 49.8. The van der Waals surface area contributed by atoms with Crippen LogP contribution in [0.4, 0.5) is 0 Å². The van der Waals surface area contributed by atoms with Crippen LogP contribution in [0.1, 0.15) is 206 Å². The minimum absolute atomic E-state index is 0.207. The lowest BCUT2D eigenvalue weighted by molar-refractivity contribution is -0.161. The third kappa shape index (κ3) is 42.7. The van der Waals surface area contributed by atoms with Crippen molar-refractivity contribution in [1.82, 2.24) is 0 Å². The molecule has 0 heterocycles. The standard InChI is InChI=1S/C45H81O8P/c1-3-5-7-9-11-13-15-17-19-20-21-22-23-24-26-28-30-32-34-36-38-40-45(47)53-43(42-52-54(48,49)50)41-51-44(46)39-37-35-33-31-29-27-25-18-16-14-12-10-8-6-4-2/h6,8,12,14,17-19,25,43H,3-5,7,9-11,13,15-16,20-24,26-42H2,1-2H3,(H2,48,49,50)/b8-6+,14-12+,19-17+,25-18+/t43-/m1/s1. The van der Waals surface area contributed by atoms with E-state index < -0.39 is 32.5 Å². The summed E-state index contributed by atoms with van der Waals surface area (Å²) < 4.78 is 26.4. The van der Waals surface area contributed by atoms with Crippen molar-refractivity contribution in [3.63, 3.8) is 0 Å². The van der Waals surface area contributed by atoms with Crippen LogP contribution in [0, 0.1) is 0 Å². The number of hydrogen-bond acceptors (Lipinski definition) is 6. The molecule has 0 saturated heterocycles. The summed E-state index contributed by atoms with van der Waals surface area (Å²) in [7, 11) is -4.76. The number of carbonyl (C=O) groups is 2. The van der Waals surface area contributed by atoms with E-state index >= 15 is 0 Å². The van der Waals surface area contributed by atoms with Gasteiger partial charge in [-0.15, -0.1) is 0 Å². The van der Waals surface area contributed by atoms with Gasteiger partial charge in [0.05, 0.1) is 6.61 Å². The fourth-order valence-electron chi connectivity index (χ4n) is 6.09. The highest BCUT2D eigenvalue weighted by atomic mass is 31.2. The Labute approximate surface area is 331 Å². The Bertz CT molecular complexity index is 1020. The van der Waals surface area contributed by atoms with Crippen molar-refractivity contribution in [2.45, 2.75) is 213 Å². The molecule has 0 aromatic carbocycles. The predicted octanol–water partition coefficient (Wildman–Crippen LogP) is 13.5. The van der Waals surface area contributed by atoms with Gasteiger partial charge in [-0.25, -0.2) is 4.57 Å². The average Bonchev–Trinajstić information content (AvgIpc) is 3.14. The van der Waals surface area contributed by atoms with Crippen molar-refractivity contribution in [2.75, 3.05) is 13.2 Å². The minimum atomic E-state index is -4.76. The molecule has 0 aliphatic carbocycles. The molecule has 0 saturated carbocycles. The number of carbonyl (C=O) groups excluding carboxylic acids is 2. The highest BCUT2D eigenvalue weighted by Gasteiger charge is 2.22. The second-order valence-corrected chi connectivity index (χ2v) is 15.9. The maximum absolute atomic E-state index is 12.4. The van der Waals surface area contributed by atoms with Crippen molar-refractivity contribution in [2.24, 2.45) is 0 Å². The zero-order valence-electron chi connectivity index (χ0n) is 34.6. The predicted molar refractivity (Wildman–Crippen MR) is 225 cm³/mol. The first-order chi connectivity index (χ1) is 26.3. The Kier molecular flexibility index (Phi) is 39.2. The fraction of sp³-hybridized carbons (Fsp3) is 0.778. The van der Waals surface area contributed by atoms with E-state index in [2.05, 4.69) is 67.0 Å². The summed E-state index contributed by atoms with van der Waals surface area (Å²) >= 11 is 0. The number of rotatable bonds is 40. The molecule has 0 bridgehead atoms. The van der Waals surface area contributed by atoms with Crippen LogP contribution >= 0.6 is 7.82 Å². The van der Waals surface area contributed by atoms with Crippen molar-refractivity contribution in [3.05, 3.63) is 48.6 Å². The van der Waals surface area contributed by atoms with Crippen LogP contribution in [-0.4, -0.2) is 41.0 Å². The molecular weight excluding hydrogens is 699 g/mol. The van der Waals surface area contributed by atoms with E-state index in [0.717, 1.165) is 70.6 Å². The molecule has 1 atom stereocenters. The molecule has 0 aliphatic heterocycles. The van der Waals surface area contributed by atoms with E-state index in [4.69, 9.17) is 19.3 Å². The van der Waals surface area contributed by atoms with Gasteiger partial charge in [0.15, 0.2) is 6.10 Å². The van der Waals surface area contributed by atoms with E-state index in [0.29, 0.717) is 12.8 Å². The summed E-state index contributed by atoms with van der Waals surface area (Å²) in [6.45, 7) is 3.57. The Hall–Kier alpha value is -1.99. The van der Waals surface area contributed by atoms with Gasteiger partial charge in [0.25, 0.3) is 0 Å². The Balaban J connectivity index is 3.89. The number of phosphoric ester groups is 1. The van der Waals surface area contributed by atoms with Crippen molar-refractivity contribution in [1.29, 1.82) is 0 Å². The average molecular weight is 781 g/mol. The zero-order chi connectivity index (χ0) is 39.6. The first-order valence-corrected chi connectivity index (χ1v) is 23.5. The Morgan fingerprint density at radius 1 is 0.500 bits per heavy atom. The first-order valence-electron chi connectivity index (χ1n) is 21.9. The van der Waals surface area contributed by atoms with Crippen molar-refractivity contribution in [3.8, 4) is 0 Å². The molecule has 54 heavy (non-hydrogen) atoms. The van der Waals surface area contributed by atoms with E-state index in [1.165, 1.54) is 96.3 Å². The van der Waals surface area contributed by atoms with Crippen LogP contribution in [0.3, 0.4) is 0 Å². The number of esters is 2. The highest BCUT2D eigenvalue weighted by molar-refractivity contribution is 7.46. The molecular formula is C45H81O8P. The third-order valence-corrected chi connectivity index (χ3v) is 9.82. The molecule has 8 nitrogen and oxygen atoms in total. The van der Waals surface area contributed by atoms with Gasteiger partial charge in [0, 0.05) is 12.8 Å². The summed E-state index contributed by atoms with van der Waals surface area (Å²) in [5.74, 6) is -0.903. The van der Waals surface area contributed by atoms with Gasteiger partial charge in [-0.05, 0) is 70.6 Å². The van der Waals surface area contributed by atoms with Gasteiger partial charge in [-0.1, -0.05) is 172 Å². The molecule has 0 aliphatic rings. The second kappa shape index (κ2) is 40.7. The van der Waals surface area contributed by atoms with Gasteiger partial charge >= 0.3 is 19.8 Å². The summed E-state index contributed by atoms with van der Waals surface area (Å²) in [6, 6.07) is 0. The van der Waals surface area contributed by atoms with Crippen LogP contribution in [0.2, 0.25) is 0 Å². The van der Waals surface area contributed by atoms with Crippen molar-refractivity contribution < 1.29 is 37.9 Å². The molecule has 0 aromatic heterocycles. The fourth-order valence-corrected chi connectivity index (χ4v) is 6.45. The van der Waals surface area contributed by atoms with Crippen LogP contribution in [0.15, 0.2) is 48.6 Å². The minimum Gasteiger partial charge on any atom is -0.462 e. The van der Waals surface area contributed by atoms with Gasteiger partial charge in [0.1, 0.15) is 6.61 Å². The van der Waals surface area contributed by atoms with Gasteiger partial charge in [-0.2, -0.15) is 0 Å². The lowest BCUT2D eigenvalue weighted by Gasteiger charge is -2.18. The molecule has 0 spiro atoms. The molecule has 2 N–H and O–H groups in total. The number of unbranched alkanes of at least 4 members (excludes halogenated alkanes) is 22. The van der Waals surface area contributed by atoms with E-state index in [9.17, 15) is 14.2 Å². The molecule has 0 amide bonds. The SMILES string of the molecule is CC/C=C/C/C=C/C/C=C/CCCCCCCC(=O)OC[C@H](COP(=O)(O)O)OC(=O)CCCCCCCCCCCCC/C=C/CCCCCCCC. The van der Waals surface area contributed by atoms with Gasteiger partial charge in [0.2, 0.25) is 0 Å². The van der Waals surface area contributed by atoms with Crippen LogP contribution in [-0.2, 0) is 28.2 Å². The smallest absolute Gasteiger partial charge is 0.462 e. The lowest BCUT2D eigenvalue weighted by Crippen LogP contribution is -2.29. The van der Waals surface area contributed by atoms with Crippen molar-refractivity contribution >= 4 is 19.8 Å². The van der Waals surface area contributed by atoms with Gasteiger partial charge < -0.3 is 19.3 Å². The Morgan fingerprint density at radius 3 is 1.35 bits per heavy atom. The molecule has 0 fully saturated rings. The second-order valence-electron chi connectivity index (χ2n) is 14.6. The maximum Gasteiger partial charge on any atom is 0.469 e. The molecule has 0 radical (unpaired) electrons. The zero-order valence-corrected chi connectivity index (χ0v) is 35.5. The number of hydrogen-bond donors (Lipinski definition) is 2. The topological polar surface area (TPSA) is 119 Å². The molecule has 0 rings (SSSR count). The van der Waals surface area contributed by atoms with Crippen LogP contribution in [0.5, 0.6) is 0 Å². The first kappa shape index (κ1) is 52.0. The van der Waals surface area contributed by atoms with E-state index in [1.807, 2.05) is 0 Å². The monoisotopic (exact) mass is 781 g/mol. The Morgan fingerprint density at radius 2 is 0.889 bits per heavy atom. The van der Waals surface area contributed by atoms with Gasteiger partial charge in [-0.3, -0.25) is 14.1 Å².